The molecule has 0 unspecified atom stereocenters. The first-order valence-electron chi connectivity index (χ1n) is 7.68. The Labute approximate surface area is 163 Å². The Kier molecular flexibility index (Phi) is 4.72. The number of hydrogen-bond acceptors (Lipinski definition) is 5. The molecule has 132 valence electrons. The second kappa shape index (κ2) is 7.15. The maximum Gasteiger partial charge on any atom is 0.231 e. The molecular formula is C18H13Cl2N3O2S. The summed E-state index contributed by atoms with van der Waals surface area (Å²) in [4.78, 5) is 5.06. The van der Waals surface area contributed by atoms with Gasteiger partial charge in [-0.3, -0.25) is 4.99 Å². The molecule has 1 aliphatic heterocycles. The van der Waals surface area contributed by atoms with Crippen molar-refractivity contribution in [3.8, 4) is 22.8 Å². The van der Waals surface area contributed by atoms with Crippen molar-refractivity contribution in [1.82, 2.24) is 4.68 Å². The van der Waals surface area contributed by atoms with E-state index in [-0.39, 0.29) is 6.79 Å². The second-order valence-electron chi connectivity index (χ2n) is 5.43. The molecule has 26 heavy (non-hydrogen) atoms. The number of nitrogens with zero attached hydrogens (tertiary/aromatic N) is 3. The number of rotatable bonds is 3. The Bertz CT molecular complexity index is 1070. The van der Waals surface area contributed by atoms with Crippen LogP contribution in [0.2, 0.25) is 10.0 Å². The molecule has 5 nitrogen and oxygen atoms in total. The summed E-state index contributed by atoms with van der Waals surface area (Å²) in [5.41, 5.74) is 2.69. The van der Waals surface area contributed by atoms with Gasteiger partial charge in [0.05, 0.1) is 22.0 Å². The Hall–Kier alpha value is -2.28. The van der Waals surface area contributed by atoms with Gasteiger partial charge in [-0.1, -0.05) is 29.3 Å². The number of thiazole rings is 1. The lowest BCUT2D eigenvalue weighted by Crippen LogP contribution is -2.11. The summed E-state index contributed by atoms with van der Waals surface area (Å²) in [6.45, 7) is 0.246. The lowest BCUT2D eigenvalue weighted by molar-refractivity contribution is 0.174. The van der Waals surface area contributed by atoms with E-state index >= 15 is 0 Å². The molecule has 4 rings (SSSR count). The predicted octanol–water partition coefficient (Wildman–Crippen LogP) is 4.66. The van der Waals surface area contributed by atoms with Gasteiger partial charge in [0.25, 0.3) is 0 Å². The van der Waals surface area contributed by atoms with E-state index in [0.717, 1.165) is 33.1 Å². The van der Waals surface area contributed by atoms with E-state index in [9.17, 15) is 0 Å². The monoisotopic (exact) mass is 405 g/mol. The highest BCUT2D eigenvalue weighted by atomic mass is 35.5. The van der Waals surface area contributed by atoms with Crippen LogP contribution in [-0.4, -0.2) is 24.7 Å². The first-order chi connectivity index (χ1) is 12.7. The summed E-state index contributed by atoms with van der Waals surface area (Å²) < 4.78 is 12.5. The molecule has 0 radical (unpaired) electrons. The van der Waals surface area contributed by atoms with Gasteiger partial charge in [0, 0.05) is 18.0 Å². The van der Waals surface area contributed by atoms with E-state index in [1.807, 2.05) is 35.7 Å². The fourth-order valence-electron chi connectivity index (χ4n) is 2.53. The molecule has 0 fully saturated rings. The zero-order chi connectivity index (χ0) is 18.1. The van der Waals surface area contributed by atoms with E-state index in [0.29, 0.717) is 10.0 Å². The quantitative estimate of drug-likeness (QED) is 0.594. The van der Waals surface area contributed by atoms with Crippen LogP contribution >= 0.6 is 34.5 Å². The van der Waals surface area contributed by atoms with E-state index in [1.54, 1.807) is 24.0 Å². The minimum Gasteiger partial charge on any atom is -0.454 e. The Morgan fingerprint density at radius 2 is 1.92 bits per heavy atom. The summed E-state index contributed by atoms with van der Waals surface area (Å²) in [7, 11) is 1.73. The number of halogens is 2. The van der Waals surface area contributed by atoms with Crippen LogP contribution in [0.25, 0.3) is 11.3 Å². The predicted molar refractivity (Wildman–Crippen MR) is 105 cm³/mol. The number of ether oxygens (including phenoxy) is 2. The smallest absolute Gasteiger partial charge is 0.231 e. The summed E-state index contributed by atoms with van der Waals surface area (Å²) in [6, 6.07) is 11.2. The van der Waals surface area contributed by atoms with Crippen molar-refractivity contribution in [2.75, 3.05) is 13.8 Å². The van der Waals surface area contributed by atoms with Crippen LogP contribution in [0.1, 0.15) is 5.56 Å². The molecule has 3 aromatic rings. The minimum absolute atomic E-state index is 0.246. The van der Waals surface area contributed by atoms with Crippen molar-refractivity contribution in [1.29, 1.82) is 0 Å². The van der Waals surface area contributed by atoms with Gasteiger partial charge in [0.15, 0.2) is 11.5 Å². The highest BCUT2D eigenvalue weighted by Gasteiger charge is 2.13. The molecule has 1 aliphatic rings. The number of aromatic nitrogens is 1. The fraction of sp³-hybridized carbons (Fsp3) is 0.111. The van der Waals surface area contributed by atoms with Crippen LogP contribution in [0, 0.1) is 0 Å². The van der Waals surface area contributed by atoms with E-state index in [1.165, 1.54) is 11.3 Å². The zero-order valence-electron chi connectivity index (χ0n) is 13.6. The molecule has 0 amide bonds. The Balaban J connectivity index is 1.74. The average molecular weight is 406 g/mol. The molecule has 0 spiro atoms. The lowest BCUT2D eigenvalue weighted by Gasteiger charge is -2.05. The summed E-state index contributed by atoms with van der Waals surface area (Å²) in [5.74, 6) is 1.46. The standard InChI is InChI=1S/C18H13Cl2N3O2S/c1-21-18-23(15(9-26-18)12-3-4-13(19)14(20)7-12)22-8-11-2-5-16-17(6-11)25-10-24-16/h2-9H,10H2,1H3. The molecule has 0 N–H and O–H groups in total. The molecule has 0 saturated heterocycles. The topological polar surface area (TPSA) is 48.1 Å². The first-order valence-corrected chi connectivity index (χ1v) is 9.32. The largest absolute Gasteiger partial charge is 0.454 e. The number of fused-ring (bicyclic) bond motifs is 1. The molecule has 0 saturated carbocycles. The van der Waals surface area contributed by atoms with Gasteiger partial charge >= 0.3 is 0 Å². The van der Waals surface area contributed by atoms with Gasteiger partial charge in [-0.2, -0.15) is 5.10 Å². The van der Waals surface area contributed by atoms with Crippen molar-refractivity contribution < 1.29 is 9.47 Å². The van der Waals surface area contributed by atoms with E-state index in [4.69, 9.17) is 32.7 Å². The van der Waals surface area contributed by atoms with Crippen LogP contribution in [0.5, 0.6) is 11.5 Å². The Morgan fingerprint density at radius 1 is 1.08 bits per heavy atom. The summed E-state index contributed by atoms with van der Waals surface area (Å²) in [6.07, 6.45) is 1.75. The summed E-state index contributed by atoms with van der Waals surface area (Å²) in [5, 5.41) is 7.59. The number of hydrogen-bond donors (Lipinski definition) is 0. The molecule has 0 atom stereocenters. The van der Waals surface area contributed by atoms with Gasteiger partial charge in [0.1, 0.15) is 0 Å². The molecule has 2 aromatic carbocycles. The highest BCUT2D eigenvalue weighted by molar-refractivity contribution is 7.07. The average Bonchev–Trinajstić information content (AvgIpc) is 3.28. The third-order valence-electron chi connectivity index (χ3n) is 3.81. The molecule has 1 aromatic heterocycles. The first kappa shape index (κ1) is 17.1. The SMILES string of the molecule is CN=c1scc(-c2ccc(Cl)c(Cl)c2)n1N=Cc1ccc2c(c1)OCO2. The number of benzene rings is 2. The van der Waals surface area contributed by atoms with Crippen LogP contribution < -0.4 is 14.3 Å². The maximum absolute atomic E-state index is 6.16. The van der Waals surface area contributed by atoms with Crippen molar-refractivity contribution in [2.45, 2.75) is 0 Å². The van der Waals surface area contributed by atoms with Gasteiger partial charge in [-0.05, 0) is 35.9 Å². The van der Waals surface area contributed by atoms with Gasteiger partial charge in [-0.25, -0.2) is 4.68 Å². The van der Waals surface area contributed by atoms with Crippen LogP contribution in [0.3, 0.4) is 0 Å². The van der Waals surface area contributed by atoms with Gasteiger partial charge in [-0.15, -0.1) is 11.3 Å². The van der Waals surface area contributed by atoms with Crippen LogP contribution in [0.4, 0.5) is 0 Å². The molecule has 8 heteroatoms. The van der Waals surface area contributed by atoms with Crippen molar-refractivity contribution >= 4 is 40.8 Å². The van der Waals surface area contributed by atoms with E-state index < -0.39 is 0 Å². The van der Waals surface area contributed by atoms with Crippen LogP contribution in [-0.2, 0) is 0 Å². The minimum atomic E-state index is 0.246. The van der Waals surface area contributed by atoms with Gasteiger partial charge in [0.2, 0.25) is 11.6 Å². The van der Waals surface area contributed by atoms with Crippen LogP contribution in [0.15, 0.2) is 51.9 Å². The Morgan fingerprint density at radius 3 is 2.73 bits per heavy atom. The zero-order valence-corrected chi connectivity index (χ0v) is 16.0. The lowest BCUT2D eigenvalue weighted by atomic mass is 10.2. The van der Waals surface area contributed by atoms with E-state index in [2.05, 4.69) is 10.1 Å². The summed E-state index contributed by atoms with van der Waals surface area (Å²) >= 11 is 13.7. The third kappa shape index (κ3) is 3.23. The van der Waals surface area contributed by atoms with Crippen molar-refractivity contribution in [3.05, 3.63) is 62.2 Å². The maximum atomic E-state index is 6.16. The molecule has 0 bridgehead atoms. The normalized spacial score (nSPS) is 13.7. The third-order valence-corrected chi connectivity index (χ3v) is 5.46. The van der Waals surface area contributed by atoms with Crippen molar-refractivity contribution in [3.63, 3.8) is 0 Å². The highest BCUT2D eigenvalue weighted by Crippen LogP contribution is 2.32. The molecule has 2 heterocycles. The molecule has 0 aliphatic carbocycles. The molecular weight excluding hydrogens is 393 g/mol. The fourth-order valence-corrected chi connectivity index (χ4v) is 3.64. The van der Waals surface area contributed by atoms with Crippen molar-refractivity contribution in [2.24, 2.45) is 10.1 Å². The van der Waals surface area contributed by atoms with Gasteiger partial charge < -0.3 is 9.47 Å². The second-order valence-corrected chi connectivity index (χ2v) is 7.08.